The van der Waals surface area contributed by atoms with Gasteiger partial charge in [0.05, 0.1) is 5.56 Å². The molecule has 1 saturated heterocycles. The predicted molar refractivity (Wildman–Crippen MR) is 78.0 cm³/mol. The fourth-order valence-electron chi connectivity index (χ4n) is 3.81. The van der Waals surface area contributed by atoms with Gasteiger partial charge in [-0.15, -0.1) is 0 Å². The van der Waals surface area contributed by atoms with Gasteiger partial charge in [0, 0.05) is 11.7 Å². The molecule has 5 nitrogen and oxygen atoms in total. The van der Waals surface area contributed by atoms with E-state index in [4.69, 9.17) is 0 Å². The van der Waals surface area contributed by atoms with Crippen LogP contribution in [-0.2, 0) is 4.79 Å². The quantitative estimate of drug-likeness (QED) is 0.903. The van der Waals surface area contributed by atoms with E-state index >= 15 is 0 Å². The number of anilines is 1. The van der Waals surface area contributed by atoms with Gasteiger partial charge in [0.25, 0.3) is 0 Å². The van der Waals surface area contributed by atoms with Crippen LogP contribution in [0.4, 0.5) is 5.82 Å². The number of fused-ring (bicyclic) bond motifs is 1. The summed E-state index contributed by atoms with van der Waals surface area (Å²) >= 11 is 0. The van der Waals surface area contributed by atoms with Gasteiger partial charge in [-0.25, -0.2) is 9.78 Å². The summed E-state index contributed by atoms with van der Waals surface area (Å²) in [5.74, 6) is 0.157. The normalized spacial score (nSPS) is 28.0. The molecule has 2 heterocycles. The number of rotatable bonds is 2. The number of nitrogens with zero attached hydrogens (tertiary/aromatic N) is 3. The molecule has 1 aromatic heterocycles. The average Bonchev–Trinajstić information content (AvgIpc) is 2.86. The van der Waals surface area contributed by atoms with Crippen molar-refractivity contribution in [2.45, 2.75) is 51.1 Å². The van der Waals surface area contributed by atoms with E-state index in [2.05, 4.69) is 11.1 Å². The first-order valence-electron chi connectivity index (χ1n) is 7.50. The summed E-state index contributed by atoms with van der Waals surface area (Å²) in [7, 11) is 0. The molecule has 0 radical (unpaired) electrons. The summed E-state index contributed by atoms with van der Waals surface area (Å²) in [4.78, 5) is 18.1. The molecule has 3 rings (SSSR count). The lowest BCUT2D eigenvalue weighted by Crippen LogP contribution is -2.43. The van der Waals surface area contributed by atoms with E-state index in [1.165, 1.54) is 6.42 Å². The summed E-state index contributed by atoms with van der Waals surface area (Å²) in [6.45, 7) is 1.87. The maximum Gasteiger partial charge on any atom is 0.326 e. The summed E-state index contributed by atoms with van der Waals surface area (Å²) in [5.41, 5.74) is 1.28. The first kappa shape index (κ1) is 13.9. The number of carbonyl (C=O) groups is 1. The Bertz CT molecular complexity index is 608. The Morgan fingerprint density at radius 1 is 1.43 bits per heavy atom. The minimum Gasteiger partial charge on any atom is -0.480 e. The third kappa shape index (κ3) is 2.35. The minimum atomic E-state index is -0.809. The van der Waals surface area contributed by atoms with Crippen LogP contribution in [0.15, 0.2) is 12.1 Å². The topological polar surface area (TPSA) is 77.2 Å². The molecule has 3 unspecified atom stereocenters. The molecule has 3 atom stereocenters. The zero-order valence-electron chi connectivity index (χ0n) is 12.1. The Morgan fingerprint density at radius 3 is 2.90 bits per heavy atom. The van der Waals surface area contributed by atoms with Crippen LogP contribution >= 0.6 is 0 Å². The first-order valence-corrected chi connectivity index (χ1v) is 7.50. The predicted octanol–water partition coefficient (Wildman–Crippen LogP) is 2.48. The highest BCUT2D eigenvalue weighted by molar-refractivity contribution is 5.80. The van der Waals surface area contributed by atoms with Crippen molar-refractivity contribution >= 4 is 11.8 Å². The van der Waals surface area contributed by atoms with E-state index in [0.717, 1.165) is 25.0 Å². The van der Waals surface area contributed by atoms with Crippen molar-refractivity contribution in [3.05, 3.63) is 23.4 Å². The molecule has 0 aromatic carbocycles. The number of hydrogen-bond donors (Lipinski definition) is 1. The van der Waals surface area contributed by atoms with Crippen molar-refractivity contribution in [3.63, 3.8) is 0 Å². The maximum absolute atomic E-state index is 11.7. The Kier molecular flexibility index (Phi) is 3.54. The molecular weight excluding hydrogens is 266 g/mol. The number of hydrogen-bond acceptors (Lipinski definition) is 4. The van der Waals surface area contributed by atoms with Crippen LogP contribution in [0.5, 0.6) is 0 Å². The van der Waals surface area contributed by atoms with Gasteiger partial charge in [0.15, 0.2) is 0 Å². The zero-order valence-corrected chi connectivity index (χ0v) is 12.1. The lowest BCUT2D eigenvalue weighted by Gasteiger charge is -2.34. The highest BCUT2D eigenvalue weighted by Gasteiger charge is 2.46. The standard InChI is InChI=1S/C16H19N3O2/c1-10-6-7-12(9-17)15(18-10)19-13-5-3-2-4-11(13)8-14(19)16(20)21/h6-7,11,13-14H,2-5,8H2,1H3,(H,20,21). The van der Waals surface area contributed by atoms with Crippen molar-refractivity contribution in [2.24, 2.45) is 5.92 Å². The van der Waals surface area contributed by atoms with E-state index in [1.54, 1.807) is 12.1 Å². The lowest BCUT2D eigenvalue weighted by atomic mass is 9.84. The molecule has 110 valence electrons. The number of nitriles is 1. The molecule has 1 N–H and O–H groups in total. The van der Waals surface area contributed by atoms with Gasteiger partial charge in [0.1, 0.15) is 17.9 Å². The summed E-state index contributed by atoms with van der Waals surface area (Å²) in [5, 5.41) is 18.9. The van der Waals surface area contributed by atoms with Crippen molar-refractivity contribution < 1.29 is 9.90 Å². The smallest absolute Gasteiger partial charge is 0.326 e. The van der Waals surface area contributed by atoms with Crippen molar-refractivity contribution in [2.75, 3.05) is 4.90 Å². The van der Waals surface area contributed by atoms with Crippen molar-refractivity contribution in [1.29, 1.82) is 5.26 Å². The molecule has 1 aliphatic carbocycles. The van der Waals surface area contributed by atoms with Crippen LogP contribution < -0.4 is 4.90 Å². The third-order valence-corrected chi connectivity index (χ3v) is 4.75. The fraction of sp³-hybridized carbons (Fsp3) is 0.562. The molecule has 0 bridgehead atoms. The fourth-order valence-corrected chi connectivity index (χ4v) is 3.81. The van der Waals surface area contributed by atoms with Crippen molar-refractivity contribution in [3.8, 4) is 6.07 Å². The SMILES string of the molecule is Cc1ccc(C#N)c(N2C(C(=O)O)CC3CCCCC32)n1. The number of aliphatic carboxylic acids is 1. The Labute approximate surface area is 124 Å². The molecule has 1 aliphatic heterocycles. The highest BCUT2D eigenvalue weighted by atomic mass is 16.4. The second kappa shape index (κ2) is 5.36. The van der Waals surface area contributed by atoms with Crippen LogP contribution in [0, 0.1) is 24.2 Å². The van der Waals surface area contributed by atoms with Crippen LogP contribution in [-0.4, -0.2) is 28.1 Å². The van der Waals surface area contributed by atoms with E-state index in [1.807, 2.05) is 11.8 Å². The first-order chi connectivity index (χ1) is 10.1. The van der Waals surface area contributed by atoms with Crippen LogP contribution in [0.25, 0.3) is 0 Å². The second-order valence-electron chi connectivity index (χ2n) is 6.04. The van der Waals surface area contributed by atoms with Gasteiger partial charge in [-0.2, -0.15) is 5.26 Å². The number of carboxylic acids is 1. The van der Waals surface area contributed by atoms with Crippen molar-refractivity contribution in [1.82, 2.24) is 4.98 Å². The molecule has 2 fully saturated rings. The monoisotopic (exact) mass is 285 g/mol. The maximum atomic E-state index is 11.7. The molecule has 1 aromatic rings. The van der Waals surface area contributed by atoms with E-state index in [-0.39, 0.29) is 6.04 Å². The van der Waals surface area contributed by atoms with Gasteiger partial charge >= 0.3 is 5.97 Å². The molecule has 0 spiro atoms. The number of pyridine rings is 1. The van der Waals surface area contributed by atoms with Gasteiger partial charge in [-0.3, -0.25) is 0 Å². The van der Waals surface area contributed by atoms with E-state index in [9.17, 15) is 15.2 Å². The van der Waals surface area contributed by atoms with Crippen LogP contribution in [0.1, 0.15) is 43.4 Å². The number of aryl methyl sites for hydroxylation is 1. The number of aromatic nitrogens is 1. The third-order valence-electron chi connectivity index (χ3n) is 4.75. The number of carboxylic acid groups (broad SMARTS) is 1. The molecule has 2 aliphatic rings. The molecule has 1 saturated carbocycles. The minimum absolute atomic E-state index is 0.209. The Morgan fingerprint density at radius 2 is 2.19 bits per heavy atom. The second-order valence-corrected chi connectivity index (χ2v) is 6.04. The lowest BCUT2D eigenvalue weighted by molar-refractivity contribution is -0.138. The van der Waals surface area contributed by atoms with E-state index in [0.29, 0.717) is 23.7 Å². The zero-order chi connectivity index (χ0) is 15.0. The van der Waals surface area contributed by atoms with Crippen LogP contribution in [0.2, 0.25) is 0 Å². The van der Waals surface area contributed by atoms with Gasteiger partial charge in [-0.05, 0) is 44.2 Å². The molecule has 5 heteroatoms. The molecular formula is C16H19N3O2. The van der Waals surface area contributed by atoms with Gasteiger partial charge in [-0.1, -0.05) is 12.8 Å². The summed E-state index contributed by atoms with van der Waals surface area (Å²) < 4.78 is 0. The Hall–Kier alpha value is -2.09. The largest absolute Gasteiger partial charge is 0.480 e. The molecule has 21 heavy (non-hydrogen) atoms. The van der Waals surface area contributed by atoms with Gasteiger partial charge < -0.3 is 10.0 Å². The highest BCUT2D eigenvalue weighted by Crippen LogP contribution is 2.42. The summed E-state index contributed by atoms with van der Waals surface area (Å²) in [6.07, 6.45) is 5.04. The molecule has 0 amide bonds. The van der Waals surface area contributed by atoms with E-state index < -0.39 is 12.0 Å². The Balaban J connectivity index is 2.06. The average molecular weight is 285 g/mol. The van der Waals surface area contributed by atoms with Gasteiger partial charge in [0.2, 0.25) is 0 Å². The van der Waals surface area contributed by atoms with Crippen LogP contribution in [0.3, 0.4) is 0 Å². The summed E-state index contributed by atoms with van der Waals surface area (Å²) in [6, 6.07) is 5.35.